The van der Waals surface area contributed by atoms with Crippen LogP contribution in [0.5, 0.6) is 0 Å². The van der Waals surface area contributed by atoms with Gasteiger partial charge in [0.2, 0.25) is 0 Å². The van der Waals surface area contributed by atoms with Crippen LogP contribution in [0.15, 0.2) is 0 Å². The topological polar surface area (TPSA) is 186 Å². The molecule has 14 nitrogen and oxygen atoms in total. The number of ether oxygens (including phenoxy) is 4. The van der Waals surface area contributed by atoms with Crippen LogP contribution in [0.2, 0.25) is 0 Å². The predicted molar refractivity (Wildman–Crippen MR) is 477 cm³/mol. The molecule has 668 valence electrons. The molecule has 0 spiro atoms. The van der Waals surface area contributed by atoms with E-state index < -0.39 is 18.0 Å². The molecule has 0 amide bonds. The summed E-state index contributed by atoms with van der Waals surface area (Å²) in [7, 11) is 0. The minimum Gasteiger partial charge on any atom is -0.481 e. The van der Waals surface area contributed by atoms with Gasteiger partial charge in [0.1, 0.15) is 12.2 Å². The second-order valence-electron chi connectivity index (χ2n) is 35.1. The quantitative estimate of drug-likeness (QED) is 0.0333. The Morgan fingerprint density at radius 2 is 0.496 bits per heavy atom. The highest BCUT2D eigenvalue weighted by molar-refractivity contribution is 5.70. The van der Waals surface area contributed by atoms with E-state index in [4.69, 9.17) is 24.1 Å². The summed E-state index contributed by atoms with van der Waals surface area (Å²) in [5.41, 5.74) is -0.0179. The van der Waals surface area contributed by atoms with Gasteiger partial charge in [-0.3, -0.25) is 33.7 Å². The number of hydrogen-bond donors (Lipinski definition) is 2. The van der Waals surface area contributed by atoms with Crippen LogP contribution in [0.3, 0.4) is 0 Å². The molecule has 0 heterocycles. The summed E-state index contributed by atoms with van der Waals surface area (Å²) in [6.07, 6.45) is 78.3. The Balaban J connectivity index is 6.70. The number of hydrogen-bond acceptors (Lipinski definition) is 12. The van der Waals surface area contributed by atoms with Crippen LogP contribution in [-0.4, -0.2) is 120 Å². The van der Waals surface area contributed by atoms with Gasteiger partial charge in [-0.25, -0.2) is 0 Å². The molecule has 0 radical (unpaired) electrons. The molecule has 2 N–H and O–H groups in total. The molecule has 0 aromatic carbocycles. The minimum atomic E-state index is -0.727. The maximum Gasteiger partial charge on any atom is 0.306 e. The molecule has 113 heavy (non-hydrogen) atoms. The first-order valence-corrected chi connectivity index (χ1v) is 49.7. The van der Waals surface area contributed by atoms with E-state index in [1.165, 1.54) is 244 Å². The van der Waals surface area contributed by atoms with Gasteiger partial charge >= 0.3 is 35.8 Å². The van der Waals surface area contributed by atoms with E-state index in [1.807, 2.05) is 13.8 Å². The van der Waals surface area contributed by atoms with Crippen molar-refractivity contribution in [1.82, 2.24) is 9.80 Å². The molecule has 0 aromatic heterocycles. The van der Waals surface area contributed by atoms with Crippen molar-refractivity contribution < 1.29 is 57.9 Å². The number of carbonyl (C=O) groups excluding carboxylic acids is 4. The van der Waals surface area contributed by atoms with Crippen LogP contribution < -0.4 is 0 Å². The fraction of sp³-hybridized carbons (Fsp3) is 0.939. The van der Waals surface area contributed by atoms with Crippen molar-refractivity contribution >= 4 is 35.8 Å². The van der Waals surface area contributed by atoms with E-state index in [0.717, 1.165) is 213 Å². The number of carbonyl (C=O) groups is 6. The second kappa shape index (κ2) is 83.8. The van der Waals surface area contributed by atoms with Gasteiger partial charge in [0, 0.05) is 50.5 Å². The molecule has 0 bridgehead atoms. The average molecular weight is 1600 g/mol. The van der Waals surface area contributed by atoms with Crippen molar-refractivity contribution in [2.45, 2.75) is 542 Å². The molecule has 14 heteroatoms. The Kier molecular flexibility index (Phi) is 81.4. The number of carboxylic acids is 2. The van der Waals surface area contributed by atoms with Crippen molar-refractivity contribution in [3.05, 3.63) is 0 Å². The van der Waals surface area contributed by atoms with Crippen LogP contribution in [0.4, 0.5) is 0 Å². The number of aliphatic carboxylic acids is 2. The third-order valence-electron chi connectivity index (χ3n) is 24.4. The molecule has 0 aliphatic carbocycles. The summed E-state index contributed by atoms with van der Waals surface area (Å²) in [6.45, 7) is 23.6. The molecule has 2 atom stereocenters. The van der Waals surface area contributed by atoms with Gasteiger partial charge in [0.15, 0.2) is 0 Å². The van der Waals surface area contributed by atoms with Crippen molar-refractivity contribution in [2.24, 2.45) is 11.8 Å². The molecule has 0 aromatic rings. The number of rotatable bonds is 92. The maximum atomic E-state index is 14.0. The average Bonchev–Trinajstić information content (AvgIpc) is 0.768. The summed E-state index contributed by atoms with van der Waals surface area (Å²) >= 11 is 0. The number of unbranched alkanes of at least 4 members (excludes halogenated alkanes) is 49. The van der Waals surface area contributed by atoms with Crippen molar-refractivity contribution in [1.29, 1.82) is 0 Å². The Labute approximate surface area is 699 Å². The third-order valence-corrected chi connectivity index (χ3v) is 24.4. The van der Waals surface area contributed by atoms with Crippen LogP contribution in [0, 0.1) is 11.8 Å². The van der Waals surface area contributed by atoms with Gasteiger partial charge in [-0.05, 0) is 174 Å². The summed E-state index contributed by atoms with van der Waals surface area (Å²) in [5, 5.41) is 18.9. The first-order valence-electron chi connectivity index (χ1n) is 49.7. The highest BCUT2D eigenvalue weighted by Gasteiger charge is 2.47. The smallest absolute Gasteiger partial charge is 0.306 e. The lowest BCUT2D eigenvalue weighted by Gasteiger charge is -2.55. The zero-order chi connectivity index (χ0) is 82.8. The van der Waals surface area contributed by atoms with Gasteiger partial charge < -0.3 is 34.1 Å². The van der Waals surface area contributed by atoms with E-state index >= 15 is 0 Å². The molecular weight excluding hydrogens is 1410 g/mol. The van der Waals surface area contributed by atoms with Crippen molar-refractivity contribution in [3.63, 3.8) is 0 Å². The Hall–Kier alpha value is -3.26. The summed E-state index contributed by atoms with van der Waals surface area (Å²) in [5.74, 6) is -0.816. The lowest BCUT2D eigenvalue weighted by atomic mass is 9.63. The van der Waals surface area contributed by atoms with Crippen molar-refractivity contribution in [3.8, 4) is 0 Å². The van der Waals surface area contributed by atoms with Gasteiger partial charge in [-0.15, -0.1) is 0 Å². The summed E-state index contributed by atoms with van der Waals surface area (Å²) in [4.78, 5) is 81.3. The van der Waals surface area contributed by atoms with Gasteiger partial charge in [-0.1, -0.05) is 350 Å². The van der Waals surface area contributed by atoms with E-state index in [-0.39, 0.29) is 48.4 Å². The van der Waals surface area contributed by atoms with E-state index in [0.29, 0.717) is 57.2 Å². The number of carboxylic acid groups (broad SMARTS) is 2. The molecule has 0 saturated carbocycles. The first-order chi connectivity index (χ1) is 55.1. The van der Waals surface area contributed by atoms with E-state index in [9.17, 15) is 33.9 Å². The SMILES string of the molecule is CCCCCCCCCOC(=O)CCCCCCCN(CCCCCCCC(=O)O)CCCCC(=O)OC(C)CC(C)OC(=O)CCCCN(CCCCCCCC(=O)OCCCCCCCCC)C(CCCCCCC(=O)O)(C(CCCCCCCC)CCCCCCCC)C(CCCCCCCC)CCCCCCCC. The number of nitrogens with zero attached hydrogens (tertiary/aromatic N) is 2. The number of esters is 4. The Bertz CT molecular complexity index is 2040. The highest BCUT2D eigenvalue weighted by atomic mass is 16.6. The Morgan fingerprint density at radius 3 is 0.814 bits per heavy atom. The molecule has 0 fully saturated rings. The van der Waals surface area contributed by atoms with Gasteiger partial charge in [0.05, 0.1) is 13.2 Å². The minimum absolute atomic E-state index is 0.0179. The highest BCUT2D eigenvalue weighted by Crippen LogP contribution is 2.48. The zero-order valence-corrected chi connectivity index (χ0v) is 76.2. The lowest BCUT2D eigenvalue weighted by molar-refractivity contribution is -0.154. The van der Waals surface area contributed by atoms with Gasteiger partial charge in [-0.2, -0.15) is 0 Å². The van der Waals surface area contributed by atoms with Crippen LogP contribution in [0.1, 0.15) is 524 Å². The molecule has 0 saturated heterocycles. The standard InChI is InChI=1S/C99H190N2O12/c1-9-15-21-27-33-50-68-86-110-95(106)76-58-43-36-48-64-82-100(81-63-47-35-42-56-74-93(102)103)83-66-60-78-97(108)112-89(7)88-90(8)113-98(109)79-61-67-85-101(84-65-49-37-44-59-77-96(107)111-87-69-51-34-28-22-16-10-2)99(80-62-46-45-57-75-94(104)105,91(70-52-38-29-23-17-11-3)71-53-39-30-24-18-12-4)92(72-54-40-31-25-19-13-5)73-55-41-32-26-20-14-6/h89-92H,9-88H2,1-8H3,(H,102,103)(H,104,105). The van der Waals surface area contributed by atoms with Crippen molar-refractivity contribution in [2.75, 3.05) is 45.9 Å². The largest absolute Gasteiger partial charge is 0.481 e. The first kappa shape index (κ1) is 110. The predicted octanol–water partition coefficient (Wildman–Crippen LogP) is 29.3. The normalized spacial score (nSPS) is 12.4. The maximum absolute atomic E-state index is 14.0. The van der Waals surface area contributed by atoms with E-state index in [1.54, 1.807) is 0 Å². The fourth-order valence-corrected chi connectivity index (χ4v) is 17.6. The monoisotopic (exact) mass is 1600 g/mol. The Morgan fingerprint density at radius 1 is 0.265 bits per heavy atom. The fourth-order valence-electron chi connectivity index (χ4n) is 17.6. The van der Waals surface area contributed by atoms with Crippen LogP contribution >= 0.6 is 0 Å². The third kappa shape index (κ3) is 70.3. The molecular formula is C99H190N2O12. The van der Waals surface area contributed by atoms with E-state index in [2.05, 4.69) is 51.3 Å². The second-order valence-corrected chi connectivity index (χ2v) is 35.1. The molecule has 0 aliphatic heterocycles. The molecule has 0 rings (SSSR count). The lowest BCUT2D eigenvalue weighted by Crippen LogP contribution is -2.59. The molecule has 0 aliphatic rings. The zero-order valence-electron chi connectivity index (χ0n) is 76.2. The summed E-state index contributed by atoms with van der Waals surface area (Å²) < 4.78 is 23.4. The van der Waals surface area contributed by atoms with Crippen LogP contribution in [0.25, 0.3) is 0 Å². The summed E-state index contributed by atoms with van der Waals surface area (Å²) in [6, 6.07) is 0. The van der Waals surface area contributed by atoms with Gasteiger partial charge in [0.25, 0.3) is 0 Å². The molecule has 2 unspecified atom stereocenters. The van der Waals surface area contributed by atoms with Crippen LogP contribution in [-0.2, 0) is 47.7 Å².